The van der Waals surface area contributed by atoms with Crippen molar-refractivity contribution in [2.24, 2.45) is 0 Å². The third-order valence-electron chi connectivity index (χ3n) is 2.32. The summed E-state index contributed by atoms with van der Waals surface area (Å²) in [5, 5.41) is 18.7. The number of aromatic nitrogens is 3. The van der Waals surface area contributed by atoms with Crippen LogP contribution in [-0.4, -0.2) is 32.7 Å². The molecule has 0 aliphatic carbocycles. The van der Waals surface area contributed by atoms with Gasteiger partial charge in [0.05, 0.1) is 5.56 Å². The molecule has 0 aliphatic rings. The van der Waals surface area contributed by atoms with Gasteiger partial charge in [0, 0.05) is 17.4 Å². The lowest BCUT2D eigenvalue weighted by Gasteiger charge is -2.06. The number of hydrogen-bond donors (Lipinski definition) is 3. The molecular weight excluding hydrogens is 300 g/mol. The van der Waals surface area contributed by atoms with Crippen molar-refractivity contribution in [2.45, 2.75) is 6.42 Å². The van der Waals surface area contributed by atoms with Crippen molar-refractivity contribution in [3.05, 3.63) is 40.4 Å². The van der Waals surface area contributed by atoms with Crippen LogP contribution in [0.5, 0.6) is 5.75 Å². The number of aromatic hydroxyl groups is 1. The van der Waals surface area contributed by atoms with Gasteiger partial charge < -0.3 is 10.4 Å². The van der Waals surface area contributed by atoms with E-state index in [1.54, 1.807) is 12.1 Å². The minimum atomic E-state index is -0.320. The zero-order valence-corrected chi connectivity index (χ0v) is 10.9. The molecule has 1 heterocycles. The summed E-state index contributed by atoms with van der Waals surface area (Å²) in [6.07, 6.45) is 1.97. The molecule has 18 heavy (non-hydrogen) atoms. The topological polar surface area (TPSA) is 90.9 Å². The van der Waals surface area contributed by atoms with Crippen LogP contribution in [0.1, 0.15) is 16.2 Å². The lowest BCUT2D eigenvalue weighted by molar-refractivity contribution is 0.0951. The Morgan fingerprint density at radius 3 is 3.00 bits per heavy atom. The predicted molar refractivity (Wildman–Crippen MR) is 68.2 cm³/mol. The standard InChI is InChI=1S/C11H11BrN4O2/c12-7-1-2-8(9(17)5-7)11(18)13-4-3-10-14-6-15-16-10/h1-2,5-6,17H,3-4H2,(H,13,18)(H,14,15,16). The van der Waals surface area contributed by atoms with Gasteiger partial charge in [0.25, 0.3) is 5.91 Å². The van der Waals surface area contributed by atoms with Gasteiger partial charge in [-0.1, -0.05) is 15.9 Å². The number of hydrogen-bond acceptors (Lipinski definition) is 4. The van der Waals surface area contributed by atoms with Crippen LogP contribution < -0.4 is 5.32 Å². The first kappa shape index (κ1) is 12.6. The average Bonchev–Trinajstić information content (AvgIpc) is 2.81. The van der Waals surface area contributed by atoms with Gasteiger partial charge in [-0.3, -0.25) is 9.89 Å². The van der Waals surface area contributed by atoms with E-state index in [2.05, 4.69) is 36.4 Å². The monoisotopic (exact) mass is 310 g/mol. The molecule has 6 nitrogen and oxygen atoms in total. The summed E-state index contributed by atoms with van der Waals surface area (Å²) >= 11 is 3.21. The third-order valence-corrected chi connectivity index (χ3v) is 2.81. The number of carbonyl (C=O) groups is 1. The number of phenolic OH excluding ortho intramolecular Hbond substituents is 1. The highest BCUT2D eigenvalue weighted by molar-refractivity contribution is 9.10. The summed E-state index contributed by atoms with van der Waals surface area (Å²) in [4.78, 5) is 15.7. The van der Waals surface area contributed by atoms with Gasteiger partial charge >= 0.3 is 0 Å². The maximum absolute atomic E-state index is 11.8. The zero-order valence-electron chi connectivity index (χ0n) is 9.35. The molecule has 1 aromatic heterocycles. The molecule has 7 heteroatoms. The maximum atomic E-state index is 11.8. The Morgan fingerprint density at radius 1 is 1.50 bits per heavy atom. The van der Waals surface area contributed by atoms with Crippen LogP contribution in [0.15, 0.2) is 29.0 Å². The van der Waals surface area contributed by atoms with E-state index >= 15 is 0 Å². The minimum absolute atomic E-state index is 0.0541. The van der Waals surface area contributed by atoms with Crippen LogP contribution >= 0.6 is 15.9 Å². The van der Waals surface area contributed by atoms with Crippen LogP contribution in [-0.2, 0) is 6.42 Å². The second-order valence-electron chi connectivity index (χ2n) is 3.60. The summed E-state index contributed by atoms with van der Waals surface area (Å²) in [7, 11) is 0. The summed E-state index contributed by atoms with van der Waals surface area (Å²) in [5.41, 5.74) is 0.246. The van der Waals surface area contributed by atoms with E-state index in [0.717, 1.165) is 4.47 Å². The van der Waals surface area contributed by atoms with Crippen LogP contribution in [0.4, 0.5) is 0 Å². The molecule has 0 fully saturated rings. The largest absolute Gasteiger partial charge is 0.507 e. The molecule has 0 spiro atoms. The number of halogens is 1. The first-order valence-corrected chi connectivity index (χ1v) is 6.07. The fourth-order valence-corrected chi connectivity index (χ4v) is 1.79. The Labute approximate surface area is 112 Å². The van der Waals surface area contributed by atoms with E-state index in [9.17, 15) is 9.90 Å². The highest BCUT2D eigenvalue weighted by Crippen LogP contribution is 2.21. The number of H-pyrrole nitrogens is 1. The normalized spacial score (nSPS) is 10.3. The number of nitrogens with one attached hydrogen (secondary N) is 2. The third kappa shape index (κ3) is 3.07. The molecule has 2 rings (SSSR count). The molecular formula is C11H11BrN4O2. The number of rotatable bonds is 4. The summed E-state index contributed by atoms with van der Waals surface area (Å²) in [5.74, 6) is 0.330. The van der Waals surface area contributed by atoms with E-state index < -0.39 is 0 Å². The smallest absolute Gasteiger partial charge is 0.255 e. The van der Waals surface area contributed by atoms with Crippen LogP contribution in [0, 0.1) is 0 Å². The molecule has 0 radical (unpaired) electrons. The van der Waals surface area contributed by atoms with Crippen molar-refractivity contribution >= 4 is 21.8 Å². The van der Waals surface area contributed by atoms with E-state index in [1.807, 2.05) is 0 Å². The lowest BCUT2D eigenvalue weighted by atomic mass is 10.2. The molecule has 94 valence electrons. The molecule has 0 saturated carbocycles. The molecule has 0 unspecified atom stereocenters. The van der Waals surface area contributed by atoms with E-state index in [1.165, 1.54) is 12.4 Å². The Morgan fingerprint density at radius 2 is 2.33 bits per heavy atom. The molecule has 0 bridgehead atoms. The first-order valence-electron chi connectivity index (χ1n) is 5.28. The van der Waals surface area contributed by atoms with Crippen molar-refractivity contribution in [3.8, 4) is 5.75 Å². The molecule has 3 N–H and O–H groups in total. The SMILES string of the molecule is O=C(NCCc1ncn[nH]1)c1ccc(Br)cc1O. The van der Waals surface area contributed by atoms with Gasteiger partial charge in [0.1, 0.15) is 17.9 Å². The van der Waals surface area contributed by atoms with Gasteiger partial charge in [-0.2, -0.15) is 5.10 Å². The predicted octanol–water partition coefficient (Wildman–Crippen LogP) is 1.25. The van der Waals surface area contributed by atoms with Crippen LogP contribution in [0.2, 0.25) is 0 Å². The van der Waals surface area contributed by atoms with Crippen molar-refractivity contribution in [1.29, 1.82) is 0 Å². The highest BCUT2D eigenvalue weighted by atomic mass is 79.9. The fraction of sp³-hybridized carbons (Fsp3) is 0.182. The van der Waals surface area contributed by atoms with Gasteiger partial charge in [0.15, 0.2) is 0 Å². The van der Waals surface area contributed by atoms with Crippen molar-refractivity contribution in [2.75, 3.05) is 6.54 Å². The van der Waals surface area contributed by atoms with Crippen molar-refractivity contribution < 1.29 is 9.90 Å². The summed E-state index contributed by atoms with van der Waals surface area (Å²) in [6.45, 7) is 0.420. The van der Waals surface area contributed by atoms with Crippen LogP contribution in [0.25, 0.3) is 0 Å². The first-order chi connectivity index (χ1) is 8.66. The van der Waals surface area contributed by atoms with Crippen molar-refractivity contribution in [3.63, 3.8) is 0 Å². The van der Waals surface area contributed by atoms with E-state index in [0.29, 0.717) is 18.8 Å². The Bertz CT molecular complexity index is 542. The number of aromatic amines is 1. The second kappa shape index (κ2) is 5.63. The number of carbonyl (C=O) groups excluding carboxylic acids is 1. The van der Waals surface area contributed by atoms with Crippen molar-refractivity contribution in [1.82, 2.24) is 20.5 Å². The zero-order chi connectivity index (χ0) is 13.0. The lowest BCUT2D eigenvalue weighted by Crippen LogP contribution is -2.26. The molecule has 1 amide bonds. The van der Waals surface area contributed by atoms with E-state index in [4.69, 9.17) is 0 Å². The summed E-state index contributed by atoms with van der Waals surface area (Å²) in [6, 6.07) is 4.74. The fourth-order valence-electron chi connectivity index (χ4n) is 1.44. The maximum Gasteiger partial charge on any atom is 0.255 e. The quantitative estimate of drug-likeness (QED) is 0.792. The Hall–Kier alpha value is -1.89. The van der Waals surface area contributed by atoms with Gasteiger partial charge in [-0.15, -0.1) is 0 Å². The molecule has 2 aromatic rings. The average molecular weight is 311 g/mol. The van der Waals surface area contributed by atoms with Crippen LogP contribution in [0.3, 0.4) is 0 Å². The molecule has 0 atom stereocenters. The number of amides is 1. The molecule has 0 saturated heterocycles. The van der Waals surface area contributed by atoms with Gasteiger partial charge in [0.2, 0.25) is 0 Å². The van der Waals surface area contributed by atoms with E-state index in [-0.39, 0.29) is 17.2 Å². The molecule has 1 aromatic carbocycles. The highest BCUT2D eigenvalue weighted by Gasteiger charge is 2.10. The second-order valence-corrected chi connectivity index (χ2v) is 4.52. The Balaban J connectivity index is 1.91. The summed E-state index contributed by atoms with van der Waals surface area (Å²) < 4.78 is 0.721. The molecule has 0 aliphatic heterocycles. The minimum Gasteiger partial charge on any atom is -0.507 e. The van der Waals surface area contributed by atoms with Gasteiger partial charge in [-0.25, -0.2) is 4.98 Å². The number of nitrogens with zero attached hydrogens (tertiary/aromatic N) is 2. The number of phenols is 1. The number of benzene rings is 1. The Kier molecular flexibility index (Phi) is 3.93. The van der Waals surface area contributed by atoms with Gasteiger partial charge in [-0.05, 0) is 18.2 Å².